The summed E-state index contributed by atoms with van der Waals surface area (Å²) in [6.07, 6.45) is 1.45. The summed E-state index contributed by atoms with van der Waals surface area (Å²) in [5.74, 6) is 1.26. The molecule has 1 aliphatic rings. The van der Waals surface area contributed by atoms with Gasteiger partial charge in [-0.1, -0.05) is 24.3 Å². The van der Waals surface area contributed by atoms with Crippen molar-refractivity contribution in [2.75, 3.05) is 0 Å². The number of alkyl halides is 2. The zero-order valence-corrected chi connectivity index (χ0v) is 12.5. The van der Waals surface area contributed by atoms with Crippen LogP contribution in [0.4, 0.5) is 8.78 Å². The largest absolute Gasteiger partial charge is 0.303 e. The van der Waals surface area contributed by atoms with Crippen LogP contribution in [0.25, 0.3) is 0 Å². The maximum Gasteiger partial charge on any atom is 0.257 e. The number of halogens is 2. The van der Waals surface area contributed by atoms with E-state index in [9.17, 15) is 8.78 Å². The first-order chi connectivity index (χ1) is 10.6. The Morgan fingerprint density at radius 3 is 2.91 bits per heavy atom. The molecule has 1 aromatic heterocycles. The minimum atomic E-state index is -2.42. The van der Waals surface area contributed by atoms with Gasteiger partial charge in [-0.3, -0.25) is 0 Å². The third-order valence-electron chi connectivity index (χ3n) is 4.03. The molecule has 1 aromatic carbocycles. The molecule has 22 heavy (non-hydrogen) atoms. The molecule has 6 heteroatoms. The Balaban J connectivity index is 1.61. The number of nitrogens with zero attached hydrogens (tertiary/aromatic N) is 3. The zero-order valence-electron chi connectivity index (χ0n) is 12.5. The van der Waals surface area contributed by atoms with Crippen LogP contribution in [0.3, 0.4) is 0 Å². The van der Waals surface area contributed by atoms with Crippen molar-refractivity contribution in [1.29, 1.82) is 0 Å². The van der Waals surface area contributed by atoms with Gasteiger partial charge in [0.1, 0.15) is 18.7 Å². The van der Waals surface area contributed by atoms with Crippen LogP contribution in [0, 0.1) is 0 Å². The SMILES string of the molecule is CC(NCc1ncnn1CC(F)F)c1cccc(C2CC2)c1. The van der Waals surface area contributed by atoms with Gasteiger partial charge in [0.25, 0.3) is 6.43 Å². The van der Waals surface area contributed by atoms with Crippen LogP contribution in [0.2, 0.25) is 0 Å². The molecule has 0 bridgehead atoms. The van der Waals surface area contributed by atoms with Crippen LogP contribution in [0.15, 0.2) is 30.6 Å². The third kappa shape index (κ3) is 3.68. The lowest BCUT2D eigenvalue weighted by atomic mass is 10.0. The Kier molecular flexibility index (Phi) is 4.47. The quantitative estimate of drug-likeness (QED) is 0.853. The molecule has 1 fully saturated rings. The van der Waals surface area contributed by atoms with E-state index < -0.39 is 13.0 Å². The van der Waals surface area contributed by atoms with Gasteiger partial charge < -0.3 is 5.32 Å². The molecule has 2 aromatic rings. The van der Waals surface area contributed by atoms with E-state index in [4.69, 9.17) is 0 Å². The summed E-state index contributed by atoms with van der Waals surface area (Å²) in [5.41, 5.74) is 2.61. The van der Waals surface area contributed by atoms with Crippen LogP contribution in [-0.2, 0) is 13.1 Å². The molecule has 0 amide bonds. The van der Waals surface area contributed by atoms with Crippen LogP contribution in [0.1, 0.15) is 48.7 Å². The van der Waals surface area contributed by atoms with Crippen LogP contribution < -0.4 is 5.32 Å². The van der Waals surface area contributed by atoms with E-state index in [1.807, 2.05) is 0 Å². The van der Waals surface area contributed by atoms with Gasteiger partial charge in [-0.05, 0) is 36.8 Å². The van der Waals surface area contributed by atoms with Crippen LogP contribution in [-0.4, -0.2) is 21.2 Å². The van der Waals surface area contributed by atoms with Crippen molar-refractivity contribution >= 4 is 0 Å². The predicted molar refractivity (Wildman–Crippen MR) is 79.7 cm³/mol. The van der Waals surface area contributed by atoms with Crippen LogP contribution in [0.5, 0.6) is 0 Å². The molecule has 3 rings (SSSR count). The average Bonchev–Trinajstić information content (AvgIpc) is 3.27. The normalized spacial score (nSPS) is 16.2. The fraction of sp³-hybridized carbons (Fsp3) is 0.500. The molecule has 0 saturated heterocycles. The van der Waals surface area contributed by atoms with Crippen molar-refractivity contribution in [2.24, 2.45) is 0 Å². The van der Waals surface area contributed by atoms with Gasteiger partial charge in [-0.15, -0.1) is 0 Å². The van der Waals surface area contributed by atoms with E-state index in [1.165, 1.54) is 35.0 Å². The highest BCUT2D eigenvalue weighted by molar-refractivity contribution is 5.30. The van der Waals surface area contributed by atoms with Crippen molar-refractivity contribution < 1.29 is 8.78 Å². The summed E-state index contributed by atoms with van der Waals surface area (Å²) in [7, 11) is 0. The van der Waals surface area contributed by atoms with E-state index in [0.29, 0.717) is 12.4 Å². The molecule has 1 heterocycles. The van der Waals surface area contributed by atoms with Gasteiger partial charge in [-0.25, -0.2) is 18.4 Å². The maximum absolute atomic E-state index is 12.5. The molecular formula is C16H20F2N4. The van der Waals surface area contributed by atoms with E-state index >= 15 is 0 Å². The summed E-state index contributed by atoms with van der Waals surface area (Å²) in [4.78, 5) is 4.05. The Labute approximate surface area is 128 Å². The lowest BCUT2D eigenvalue weighted by molar-refractivity contribution is 0.120. The standard InChI is InChI=1S/C16H20F2N4/c1-11(13-3-2-4-14(7-13)12-5-6-12)19-8-16-20-10-21-22(16)9-15(17)18/h2-4,7,10-12,15,19H,5-6,8-9H2,1H3. The third-order valence-corrected chi connectivity index (χ3v) is 4.03. The molecule has 1 unspecified atom stereocenters. The number of benzene rings is 1. The highest BCUT2D eigenvalue weighted by atomic mass is 19.3. The minimum absolute atomic E-state index is 0.135. The Morgan fingerprint density at radius 1 is 1.36 bits per heavy atom. The van der Waals surface area contributed by atoms with Crippen molar-refractivity contribution in [3.05, 3.63) is 47.5 Å². The monoisotopic (exact) mass is 306 g/mol. The molecule has 0 radical (unpaired) electrons. The molecule has 0 aliphatic heterocycles. The topological polar surface area (TPSA) is 42.7 Å². The van der Waals surface area contributed by atoms with Gasteiger partial charge in [0, 0.05) is 6.04 Å². The molecule has 1 aliphatic carbocycles. The number of nitrogens with one attached hydrogen (secondary N) is 1. The van der Waals surface area contributed by atoms with Crippen molar-refractivity contribution in [1.82, 2.24) is 20.1 Å². The zero-order chi connectivity index (χ0) is 15.5. The van der Waals surface area contributed by atoms with Gasteiger partial charge in [-0.2, -0.15) is 5.10 Å². The number of aromatic nitrogens is 3. The maximum atomic E-state index is 12.5. The molecule has 1 N–H and O–H groups in total. The Hall–Kier alpha value is -1.82. The summed E-state index contributed by atoms with van der Waals surface area (Å²) in [6.45, 7) is 2.07. The van der Waals surface area contributed by atoms with E-state index in [0.717, 1.165) is 5.92 Å². The fourth-order valence-electron chi connectivity index (χ4n) is 2.57. The van der Waals surface area contributed by atoms with Gasteiger partial charge in [0.15, 0.2) is 0 Å². The summed E-state index contributed by atoms with van der Waals surface area (Å²) in [5, 5.41) is 7.17. The summed E-state index contributed by atoms with van der Waals surface area (Å²) < 4.78 is 26.2. The highest BCUT2D eigenvalue weighted by Crippen LogP contribution is 2.40. The van der Waals surface area contributed by atoms with Gasteiger partial charge in [0.2, 0.25) is 0 Å². The molecule has 0 spiro atoms. The van der Waals surface area contributed by atoms with E-state index in [-0.39, 0.29) is 6.04 Å². The van der Waals surface area contributed by atoms with Crippen molar-refractivity contribution in [2.45, 2.75) is 51.2 Å². The first-order valence-corrected chi connectivity index (χ1v) is 7.61. The molecule has 118 valence electrons. The van der Waals surface area contributed by atoms with Gasteiger partial charge in [0.05, 0.1) is 6.54 Å². The smallest absolute Gasteiger partial charge is 0.257 e. The molecule has 1 atom stereocenters. The average molecular weight is 306 g/mol. The number of hydrogen-bond acceptors (Lipinski definition) is 3. The first-order valence-electron chi connectivity index (χ1n) is 7.61. The highest BCUT2D eigenvalue weighted by Gasteiger charge is 2.23. The second kappa shape index (κ2) is 6.52. The van der Waals surface area contributed by atoms with Gasteiger partial charge >= 0.3 is 0 Å². The lowest BCUT2D eigenvalue weighted by Crippen LogP contribution is -2.22. The summed E-state index contributed by atoms with van der Waals surface area (Å²) >= 11 is 0. The second-order valence-electron chi connectivity index (χ2n) is 5.80. The number of rotatable bonds is 7. The van der Waals surface area contributed by atoms with E-state index in [1.54, 1.807) is 0 Å². The number of hydrogen-bond donors (Lipinski definition) is 1. The fourth-order valence-corrected chi connectivity index (χ4v) is 2.57. The predicted octanol–water partition coefficient (Wildman–Crippen LogP) is 3.27. The Bertz CT molecular complexity index is 622. The first kappa shape index (κ1) is 15.1. The second-order valence-corrected chi connectivity index (χ2v) is 5.80. The van der Waals surface area contributed by atoms with Crippen LogP contribution >= 0.6 is 0 Å². The molecule has 4 nitrogen and oxygen atoms in total. The van der Waals surface area contributed by atoms with E-state index in [2.05, 4.69) is 46.6 Å². The van der Waals surface area contributed by atoms with Crippen molar-refractivity contribution in [3.63, 3.8) is 0 Å². The lowest BCUT2D eigenvalue weighted by Gasteiger charge is -2.15. The molecular weight excluding hydrogens is 286 g/mol. The molecule has 1 saturated carbocycles. The van der Waals surface area contributed by atoms with Crippen molar-refractivity contribution in [3.8, 4) is 0 Å². The summed E-state index contributed by atoms with van der Waals surface area (Å²) in [6, 6.07) is 8.72. The minimum Gasteiger partial charge on any atom is -0.303 e. The Morgan fingerprint density at radius 2 is 2.18 bits per heavy atom.